The molecule has 5 heteroatoms. The third-order valence-electron chi connectivity index (χ3n) is 5.40. The van der Waals surface area contributed by atoms with Crippen LogP contribution in [-0.2, 0) is 6.54 Å². The Labute approximate surface area is 162 Å². The van der Waals surface area contributed by atoms with Gasteiger partial charge in [0.15, 0.2) is 0 Å². The van der Waals surface area contributed by atoms with Crippen molar-refractivity contribution >= 4 is 22.1 Å². The second-order valence-corrected chi connectivity index (χ2v) is 20.5. The Morgan fingerprint density at radius 2 is 1.50 bits per heavy atom. The van der Waals surface area contributed by atoms with Gasteiger partial charge in [-0.1, -0.05) is 0 Å². The van der Waals surface area contributed by atoms with E-state index in [-0.39, 0.29) is 5.82 Å². The molecule has 0 saturated heterocycles. The summed E-state index contributed by atoms with van der Waals surface area (Å²) < 4.78 is 21.3. The standard InChI is InChI=1S/C9H7FN3.3C4H9.Sn/c10-9-4-2-1-3-8(9)7-13-6-5-11-12-13;3*1-3-4-2;/h1-4,6H,7H2;3*1,3-4H2,2H3;. The Morgan fingerprint density at radius 1 is 0.923 bits per heavy atom. The molecule has 0 unspecified atom stereocenters. The van der Waals surface area contributed by atoms with Gasteiger partial charge in [0.1, 0.15) is 0 Å². The summed E-state index contributed by atoms with van der Waals surface area (Å²) in [4.78, 5) is 0. The summed E-state index contributed by atoms with van der Waals surface area (Å²) in [6.07, 6.45) is 9.83. The van der Waals surface area contributed by atoms with Gasteiger partial charge >= 0.3 is 162 Å². The zero-order valence-electron chi connectivity index (χ0n) is 16.7. The minimum absolute atomic E-state index is 0.165. The SMILES string of the molecule is CCC[CH2][Sn]([CH2]CCC)([CH2]CCC)[c]1cn(Cc2ccccc2F)nn1. The third kappa shape index (κ3) is 5.80. The first-order valence-corrected chi connectivity index (χ1v) is 17.8. The van der Waals surface area contributed by atoms with E-state index >= 15 is 0 Å². The molecule has 0 aliphatic heterocycles. The maximum absolute atomic E-state index is 14.0. The molecule has 1 aromatic carbocycles. The Kier molecular flexibility index (Phi) is 9.09. The van der Waals surface area contributed by atoms with E-state index in [1.165, 1.54) is 61.6 Å². The number of nitrogens with zero attached hydrogens (tertiary/aromatic N) is 3. The van der Waals surface area contributed by atoms with E-state index in [0.29, 0.717) is 12.1 Å². The van der Waals surface area contributed by atoms with Gasteiger partial charge in [-0.25, -0.2) is 0 Å². The van der Waals surface area contributed by atoms with E-state index in [1.54, 1.807) is 6.07 Å². The van der Waals surface area contributed by atoms with E-state index in [9.17, 15) is 4.39 Å². The molecule has 1 heterocycles. The van der Waals surface area contributed by atoms with E-state index in [1.807, 2.05) is 16.8 Å². The summed E-state index contributed by atoms with van der Waals surface area (Å²) >= 11 is -2.53. The molecule has 0 fully saturated rings. The van der Waals surface area contributed by atoms with Crippen LogP contribution in [0.4, 0.5) is 4.39 Å². The van der Waals surface area contributed by atoms with Gasteiger partial charge in [-0.15, -0.1) is 0 Å². The summed E-state index contributed by atoms with van der Waals surface area (Å²) in [5.74, 6) is -0.165. The fourth-order valence-electron chi connectivity index (χ4n) is 3.72. The summed E-state index contributed by atoms with van der Waals surface area (Å²) in [5.41, 5.74) is 0.681. The molecule has 0 aliphatic rings. The van der Waals surface area contributed by atoms with Gasteiger partial charge in [-0.3, -0.25) is 0 Å². The predicted molar refractivity (Wildman–Crippen MR) is 110 cm³/mol. The van der Waals surface area contributed by atoms with E-state index < -0.39 is 18.4 Å². The first-order chi connectivity index (χ1) is 12.6. The topological polar surface area (TPSA) is 30.7 Å². The molecule has 2 aromatic rings. The molecule has 0 aliphatic carbocycles. The summed E-state index contributed by atoms with van der Waals surface area (Å²) in [5, 5.41) is 9.05. The predicted octanol–water partition coefficient (Wildman–Crippen LogP) is 5.52. The molecule has 0 amide bonds. The van der Waals surface area contributed by atoms with Crippen molar-refractivity contribution in [1.29, 1.82) is 0 Å². The van der Waals surface area contributed by atoms with Crippen molar-refractivity contribution in [2.75, 3.05) is 0 Å². The first kappa shape index (κ1) is 21.4. The normalized spacial score (nSPS) is 11.8. The van der Waals surface area contributed by atoms with Crippen LogP contribution < -0.4 is 3.71 Å². The third-order valence-corrected chi connectivity index (χ3v) is 20.4. The molecule has 0 atom stereocenters. The average Bonchev–Trinajstić information content (AvgIpc) is 3.12. The van der Waals surface area contributed by atoms with Crippen LogP contribution in [0.2, 0.25) is 13.3 Å². The molecule has 144 valence electrons. The van der Waals surface area contributed by atoms with Gasteiger partial charge in [-0.2, -0.15) is 0 Å². The quantitative estimate of drug-likeness (QED) is 0.386. The zero-order valence-corrected chi connectivity index (χ0v) is 19.5. The Hall–Kier alpha value is -0.911. The van der Waals surface area contributed by atoms with Crippen molar-refractivity contribution in [3.05, 3.63) is 41.8 Å². The number of halogens is 1. The minimum atomic E-state index is -2.53. The zero-order chi connectivity index (χ0) is 18.8. The van der Waals surface area contributed by atoms with Crippen molar-refractivity contribution in [3.8, 4) is 0 Å². The molecule has 0 spiro atoms. The van der Waals surface area contributed by atoms with Crippen molar-refractivity contribution in [3.63, 3.8) is 0 Å². The molecule has 0 N–H and O–H groups in total. The van der Waals surface area contributed by atoms with Crippen LogP contribution in [0, 0.1) is 5.82 Å². The second-order valence-electron chi connectivity index (χ2n) is 7.48. The van der Waals surface area contributed by atoms with Crippen molar-refractivity contribution < 1.29 is 4.39 Å². The molecule has 26 heavy (non-hydrogen) atoms. The van der Waals surface area contributed by atoms with Crippen LogP contribution in [0.15, 0.2) is 30.5 Å². The Balaban J connectivity index is 2.25. The molecule has 0 saturated carbocycles. The van der Waals surface area contributed by atoms with E-state index in [4.69, 9.17) is 0 Å². The maximum atomic E-state index is 14.0. The molecule has 2 rings (SSSR count). The number of rotatable bonds is 12. The van der Waals surface area contributed by atoms with Gasteiger partial charge in [0.2, 0.25) is 0 Å². The monoisotopic (exact) mass is 467 g/mol. The summed E-state index contributed by atoms with van der Waals surface area (Å²) in [6, 6.07) is 6.95. The van der Waals surface area contributed by atoms with Crippen LogP contribution in [0.5, 0.6) is 0 Å². The van der Waals surface area contributed by atoms with Gasteiger partial charge in [-0.05, 0) is 0 Å². The molecular formula is C21H34FN3Sn. The Bertz CT molecular complexity index is 634. The van der Waals surface area contributed by atoms with Crippen LogP contribution in [0.3, 0.4) is 0 Å². The van der Waals surface area contributed by atoms with Crippen LogP contribution in [0.1, 0.15) is 64.9 Å². The number of hydrogen-bond donors (Lipinski definition) is 0. The molecule has 0 bridgehead atoms. The Morgan fingerprint density at radius 3 is 2.04 bits per heavy atom. The number of aromatic nitrogens is 3. The molecular weight excluding hydrogens is 432 g/mol. The van der Waals surface area contributed by atoms with Crippen LogP contribution in [-0.4, -0.2) is 33.4 Å². The van der Waals surface area contributed by atoms with E-state index in [0.717, 1.165) is 0 Å². The van der Waals surface area contributed by atoms with Crippen LogP contribution >= 0.6 is 0 Å². The van der Waals surface area contributed by atoms with Gasteiger partial charge in [0.05, 0.1) is 0 Å². The number of benzene rings is 1. The van der Waals surface area contributed by atoms with Gasteiger partial charge < -0.3 is 0 Å². The fourth-order valence-corrected chi connectivity index (χ4v) is 18.8. The molecule has 0 radical (unpaired) electrons. The molecule has 1 aromatic heterocycles. The number of unbranched alkanes of at least 4 members (excludes halogenated alkanes) is 3. The average molecular weight is 466 g/mol. The van der Waals surface area contributed by atoms with Gasteiger partial charge in [0.25, 0.3) is 0 Å². The van der Waals surface area contributed by atoms with Crippen LogP contribution in [0.25, 0.3) is 0 Å². The summed E-state index contributed by atoms with van der Waals surface area (Å²) in [6.45, 7) is 7.32. The van der Waals surface area contributed by atoms with Gasteiger partial charge in [0, 0.05) is 0 Å². The van der Waals surface area contributed by atoms with Crippen molar-refractivity contribution in [1.82, 2.24) is 15.0 Å². The first-order valence-electron chi connectivity index (χ1n) is 10.3. The fraction of sp³-hybridized carbons (Fsp3) is 0.619. The van der Waals surface area contributed by atoms with Crippen molar-refractivity contribution in [2.24, 2.45) is 0 Å². The summed E-state index contributed by atoms with van der Waals surface area (Å²) in [7, 11) is 0. The van der Waals surface area contributed by atoms with Crippen molar-refractivity contribution in [2.45, 2.75) is 79.2 Å². The number of hydrogen-bond acceptors (Lipinski definition) is 2. The molecule has 3 nitrogen and oxygen atoms in total. The van der Waals surface area contributed by atoms with E-state index in [2.05, 4.69) is 37.3 Å². The second kappa shape index (κ2) is 11.1.